The quantitative estimate of drug-likeness (QED) is 0.261. The van der Waals surface area contributed by atoms with Gasteiger partial charge in [-0.15, -0.1) is 0 Å². The molecule has 243 valence electrons. The molecule has 0 bridgehead atoms. The van der Waals surface area contributed by atoms with Gasteiger partial charge in [-0.3, -0.25) is 9.98 Å². The van der Waals surface area contributed by atoms with Crippen LogP contribution in [0.3, 0.4) is 0 Å². The summed E-state index contributed by atoms with van der Waals surface area (Å²) in [5.74, 6) is 0.588. The van der Waals surface area contributed by atoms with E-state index in [0.717, 1.165) is 64.6 Å². The Hall–Kier alpha value is -3.15. The zero-order valence-corrected chi connectivity index (χ0v) is 29.7. The summed E-state index contributed by atoms with van der Waals surface area (Å²) >= 11 is 0. The Labute approximate surface area is 282 Å². The van der Waals surface area contributed by atoms with Gasteiger partial charge < -0.3 is 10.2 Å². The second kappa shape index (κ2) is 14.1. The van der Waals surface area contributed by atoms with Crippen molar-refractivity contribution in [1.82, 2.24) is 0 Å². The van der Waals surface area contributed by atoms with Crippen molar-refractivity contribution in [3.8, 4) is 22.6 Å². The minimum Gasteiger partial charge on any atom is -0.507 e. The van der Waals surface area contributed by atoms with Gasteiger partial charge in [-0.1, -0.05) is 118 Å². The predicted octanol–water partition coefficient (Wildman–Crippen LogP) is 10.1. The van der Waals surface area contributed by atoms with Crippen LogP contribution < -0.4 is 0 Å². The third-order valence-electron chi connectivity index (χ3n) is 8.74. The average Bonchev–Trinajstić information content (AvgIpc) is 2.94. The van der Waals surface area contributed by atoms with Crippen LogP contribution in [0.1, 0.15) is 121 Å². The van der Waals surface area contributed by atoms with Crippen LogP contribution in [0.4, 0.5) is 0 Å². The van der Waals surface area contributed by atoms with Crippen LogP contribution >= 0.6 is 0 Å². The van der Waals surface area contributed by atoms with Gasteiger partial charge in [0, 0.05) is 51.5 Å². The molecule has 4 nitrogen and oxygen atoms in total. The summed E-state index contributed by atoms with van der Waals surface area (Å²) in [6.45, 7) is 23.2. The van der Waals surface area contributed by atoms with Crippen molar-refractivity contribution in [2.24, 2.45) is 9.98 Å². The molecular weight excluding hydrogens is 599 g/mol. The Bertz CT molecular complexity index is 1550. The summed E-state index contributed by atoms with van der Waals surface area (Å²) in [4.78, 5) is 10.1. The Kier molecular flexibility index (Phi) is 11.4. The zero-order chi connectivity index (χ0) is 32.4. The predicted molar refractivity (Wildman–Crippen MR) is 189 cm³/mol. The van der Waals surface area contributed by atoms with Gasteiger partial charge in [0.2, 0.25) is 0 Å². The van der Waals surface area contributed by atoms with Gasteiger partial charge in [0.25, 0.3) is 0 Å². The average molecular weight is 652 g/mol. The molecule has 0 unspecified atom stereocenters. The topological polar surface area (TPSA) is 65.2 Å². The van der Waals surface area contributed by atoms with Gasteiger partial charge in [0.05, 0.1) is 12.1 Å². The molecule has 1 aliphatic carbocycles. The van der Waals surface area contributed by atoms with Crippen molar-refractivity contribution >= 4 is 18.5 Å². The number of aromatic hydroxyl groups is 2. The summed E-state index contributed by atoms with van der Waals surface area (Å²) < 4.78 is 0. The van der Waals surface area contributed by atoms with E-state index in [-0.39, 0.29) is 50.9 Å². The number of rotatable bonds is 6. The van der Waals surface area contributed by atoms with E-state index in [2.05, 4.69) is 111 Å². The van der Waals surface area contributed by atoms with E-state index < -0.39 is 0 Å². The van der Waals surface area contributed by atoms with E-state index in [1.807, 2.05) is 24.6 Å². The van der Waals surface area contributed by atoms with Gasteiger partial charge in [0.15, 0.2) is 0 Å². The molecule has 0 saturated heterocycles. The van der Waals surface area contributed by atoms with Crippen molar-refractivity contribution < 1.29 is 27.0 Å². The SMILES string of the molecule is C=Cc1ccc(-c2cc(C=N[C@@H]3CCCC[C@H]3N=Cc3cc(C(C)(C)C)cc(C(C)(C)C)c3O)c(O)c(C(C)(C)C)c2)cc1.[Co]. The van der Waals surface area contributed by atoms with E-state index in [4.69, 9.17) is 9.98 Å². The second-order valence-electron chi connectivity index (χ2n) is 15.5. The molecule has 3 aromatic carbocycles. The molecule has 45 heavy (non-hydrogen) atoms. The molecule has 1 fully saturated rings. The van der Waals surface area contributed by atoms with E-state index >= 15 is 0 Å². The fourth-order valence-electron chi connectivity index (χ4n) is 5.86. The normalized spacial score (nSPS) is 17.9. The van der Waals surface area contributed by atoms with Crippen molar-refractivity contribution in [3.63, 3.8) is 0 Å². The number of hydrogen-bond donors (Lipinski definition) is 2. The maximum Gasteiger partial charge on any atom is 0.128 e. The number of aliphatic imine (C=N–C) groups is 2. The van der Waals surface area contributed by atoms with Crippen molar-refractivity contribution in [2.45, 2.75) is 116 Å². The van der Waals surface area contributed by atoms with Crippen molar-refractivity contribution in [1.29, 1.82) is 0 Å². The molecular formula is C40H52CoN2O2. The van der Waals surface area contributed by atoms with Crippen LogP contribution in [0.5, 0.6) is 11.5 Å². The summed E-state index contributed by atoms with van der Waals surface area (Å²) in [5.41, 5.74) is 7.22. The minimum atomic E-state index is -0.239. The fourth-order valence-corrected chi connectivity index (χ4v) is 5.86. The molecule has 0 spiro atoms. The first-order valence-corrected chi connectivity index (χ1v) is 16.0. The Morgan fingerprint density at radius 3 is 1.56 bits per heavy atom. The first-order chi connectivity index (χ1) is 20.5. The molecule has 0 aliphatic heterocycles. The number of hydrogen-bond acceptors (Lipinski definition) is 4. The second-order valence-corrected chi connectivity index (χ2v) is 15.5. The summed E-state index contributed by atoms with van der Waals surface area (Å²) in [5, 5.41) is 22.7. The van der Waals surface area contributed by atoms with Gasteiger partial charge in [-0.05, 0) is 69.5 Å². The maximum absolute atomic E-state index is 11.4. The van der Waals surface area contributed by atoms with Gasteiger partial charge in [-0.2, -0.15) is 0 Å². The van der Waals surface area contributed by atoms with Crippen molar-refractivity contribution in [3.05, 3.63) is 88.5 Å². The summed E-state index contributed by atoms with van der Waals surface area (Å²) in [7, 11) is 0. The third-order valence-corrected chi connectivity index (χ3v) is 8.74. The first-order valence-electron chi connectivity index (χ1n) is 16.0. The molecule has 5 heteroatoms. The standard InChI is InChI=1S/C40H52N2O2.Co/c1-11-26-16-18-27(19-17-26)28-20-29(36(43)32(22-28)39(5,6)7)24-41-34-14-12-13-15-35(34)42-25-30-21-31(38(2,3)4)23-33(37(30)44)40(8,9)10;/h11,16-25,34-35,43-44H,1,12-15H2,2-10H3;/t34-,35-;/m1./s1. The Morgan fingerprint density at radius 1 is 0.644 bits per heavy atom. The first kappa shape index (κ1) is 36.3. The molecule has 4 rings (SSSR count). The van der Waals surface area contributed by atoms with Gasteiger partial charge in [0.1, 0.15) is 11.5 Å². The maximum atomic E-state index is 11.4. The molecule has 3 aromatic rings. The van der Waals surface area contributed by atoms with Crippen LogP contribution in [0.2, 0.25) is 0 Å². The van der Waals surface area contributed by atoms with Crippen LogP contribution in [-0.2, 0) is 33.0 Å². The van der Waals surface area contributed by atoms with E-state index in [0.29, 0.717) is 5.75 Å². The monoisotopic (exact) mass is 651 g/mol. The smallest absolute Gasteiger partial charge is 0.128 e. The zero-order valence-electron chi connectivity index (χ0n) is 28.7. The van der Waals surface area contributed by atoms with Crippen LogP contribution in [0.25, 0.3) is 17.2 Å². The van der Waals surface area contributed by atoms with Gasteiger partial charge >= 0.3 is 0 Å². The molecule has 1 radical (unpaired) electrons. The van der Waals surface area contributed by atoms with Crippen LogP contribution in [-0.4, -0.2) is 34.7 Å². The van der Waals surface area contributed by atoms with E-state index in [9.17, 15) is 10.2 Å². The molecule has 2 N–H and O–H groups in total. The van der Waals surface area contributed by atoms with Gasteiger partial charge in [-0.25, -0.2) is 0 Å². The molecule has 2 atom stereocenters. The Morgan fingerprint density at radius 2 is 1.11 bits per heavy atom. The molecule has 0 aromatic heterocycles. The number of benzene rings is 3. The van der Waals surface area contributed by atoms with Crippen LogP contribution in [0.15, 0.2) is 65.1 Å². The third kappa shape index (κ3) is 8.77. The number of phenols is 2. The van der Waals surface area contributed by atoms with E-state index in [1.54, 1.807) is 0 Å². The summed E-state index contributed by atoms with van der Waals surface area (Å²) in [6.07, 6.45) is 9.64. The fraction of sp³-hybridized carbons (Fsp3) is 0.450. The molecule has 0 heterocycles. The number of nitrogens with zero attached hydrogens (tertiary/aromatic N) is 2. The van der Waals surface area contributed by atoms with Crippen LogP contribution in [0, 0.1) is 0 Å². The molecule has 1 aliphatic rings. The molecule has 0 amide bonds. The van der Waals surface area contributed by atoms with E-state index in [1.165, 1.54) is 5.56 Å². The van der Waals surface area contributed by atoms with Crippen molar-refractivity contribution in [2.75, 3.05) is 0 Å². The largest absolute Gasteiger partial charge is 0.507 e. The minimum absolute atomic E-state index is 0. The Balaban J connectivity index is 0.00000552. The summed E-state index contributed by atoms with van der Waals surface area (Å²) in [6, 6.07) is 16.7. The number of phenolic OH excluding ortho intramolecular Hbond substituents is 2. The molecule has 1 saturated carbocycles.